The predicted octanol–water partition coefficient (Wildman–Crippen LogP) is 24.6. The fourth-order valence-electron chi connectivity index (χ4n) is 15.0. The van der Waals surface area contributed by atoms with Crippen LogP contribution in [0.1, 0.15) is 0 Å². The van der Waals surface area contributed by atoms with Crippen LogP contribution in [0.25, 0.3) is 148 Å². The van der Waals surface area contributed by atoms with Crippen LogP contribution < -0.4 is 9.80 Å². The van der Waals surface area contributed by atoms with E-state index >= 15 is 0 Å². The Morgan fingerprint density at radius 1 is 0.223 bits per heavy atom. The largest absolute Gasteiger partial charge is 0.345 e. The number of nitrogens with zero attached hydrogens (tertiary/aromatic N) is 4. The lowest BCUT2D eigenvalue weighted by Crippen LogP contribution is -2.09. The van der Waals surface area contributed by atoms with Gasteiger partial charge in [-0.25, -0.2) is 0 Å². The Labute approximate surface area is 545 Å². The summed E-state index contributed by atoms with van der Waals surface area (Å²) in [6.07, 6.45) is 0. The Bertz CT molecular complexity index is 5900. The van der Waals surface area contributed by atoms with Crippen molar-refractivity contribution < 1.29 is 0 Å². The summed E-state index contributed by atoms with van der Waals surface area (Å²) in [4.78, 5) is 4.53. The van der Waals surface area contributed by atoms with E-state index in [1.165, 1.54) is 142 Å². The van der Waals surface area contributed by atoms with Crippen molar-refractivity contribution in [2.75, 3.05) is 16.8 Å². The molecule has 16 aromatic carbocycles. The molecule has 0 aliphatic carbocycles. The minimum atomic E-state index is 1.12. The van der Waals surface area contributed by atoms with E-state index in [9.17, 15) is 0 Å². The number of hydrogen-bond donors (Lipinski definition) is 0. The Morgan fingerprint density at radius 2 is 0.543 bits per heavy atom. The Morgan fingerprint density at radius 3 is 1.07 bits per heavy atom. The second-order valence-corrected chi connectivity index (χ2v) is 24.9. The third kappa shape index (κ3) is 9.05. The van der Waals surface area contributed by atoms with Crippen LogP contribution in [0.4, 0.5) is 28.4 Å². The van der Waals surface area contributed by atoms with Crippen molar-refractivity contribution in [2.24, 2.45) is 7.05 Å². The lowest BCUT2D eigenvalue weighted by atomic mass is 9.91. The first-order valence-electron chi connectivity index (χ1n) is 32.4. The normalized spacial score (nSPS) is 11.7. The molecule has 4 nitrogen and oxygen atoms in total. The molecule has 0 aliphatic rings. The van der Waals surface area contributed by atoms with Crippen LogP contribution in [0.15, 0.2) is 340 Å². The van der Waals surface area contributed by atoms with Crippen LogP contribution in [0.2, 0.25) is 0 Å². The molecule has 94 heavy (non-hydrogen) atoms. The smallest absolute Gasteiger partial charge is 0.0625 e. The van der Waals surface area contributed by atoms with E-state index in [0.717, 1.165) is 34.1 Å². The number of benzene rings is 16. The first-order valence-corrected chi connectivity index (χ1v) is 32.4. The van der Waals surface area contributed by atoms with Crippen LogP contribution in [-0.2, 0) is 7.05 Å². The molecule has 4 heteroatoms. The van der Waals surface area contributed by atoms with Crippen molar-refractivity contribution in [1.82, 2.24) is 9.13 Å². The summed E-state index contributed by atoms with van der Waals surface area (Å²) in [5.41, 5.74) is 23.5. The number of aryl methyl sites for hydroxylation is 1. The molecule has 0 aliphatic heterocycles. The van der Waals surface area contributed by atoms with Crippen molar-refractivity contribution in [2.45, 2.75) is 0 Å². The van der Waals surface area contributed by atoms with Gasteiger partial charge in [0.1, 0.15) is 0 Å². The van der Waals surface area contributed by atoms with Gasteiger partial charge in [-0.15, -0.1) is 0 Å². The molecule has 0 saturated carbocycles. The fraction of sp³-hybridized carbons (Fsp3) is 0.0222. The van der Waals surface area contributed by atoms with Gasteiger partial charge >= 0.3 is 0 Å². The number of rotatable bonds is 11. The molecule has 2 heterocycles. The maximum Gasteiger partial charge on any atom is 0.0625 e. The summed E-state index contributed by atoms with van der Waals surface area (Å²) in [5, 5.41) is 15.0. The van der Waals surface area contributed by atoms with Crippen LogP contribution in [-0.4, -0.2) is 16.2 Å². The van der Waals surface area contributed by atoms with Crippen molar-refractivity contribution in [3.63, 3.8) is 0 Å². The molecule has 0 spiro atoms. The highest BCUT2D eigenvalue weighted by Gasteiger charge is 2.23. The quantitative estimate of drug-likeness (QED) is 0.120. The topological polar surface area (TPSA) is 16.3 Å². The van der Waals surface area contributed by atoms with Crippen LogP contribution >= 0.6 is 0 Å². The number of fused-ring (bicyclic) bond motifs is 16. The molecule has 0 amide bonds. The fourth-order valence-corrected chi connectivity index (χ4v) is 15.0. The van der Waals surface area contributed by atoms with Gasteiger partial charge in [0, 0.05) is 86.1 Å². The van der Waals surface area contributed by atoms with Gasteiger partial charge in [0.2, 0.25) is 0 Å². The molecule has 18 rings (SSSR count). The second kappa shape index (κ2) is 22.3. The number of para-hydroxylation sites is 4. The lowest BCUT2D eigenvalue weighted by Gasteiger charge is -2.25. The highest BCUT2D eigenvalue weighted by molar-refractivity contribution is 6.34. The summed E-state index contributed by atoms with van der Waals surface area (Å²) in [6.45, 7) is 0. The molecule has 0 unspecified atom stereocenters. The van der Waals surface area contributed by atoms with Gasteiger partial charge in [0.05, 0.1) is 16.6 Å². The van der Waals surface area contributed by atoms with Crippen molar-refractivity contribution in [3.8, 4) is 61.3 Å². The minimum absolute atomic E-state index is 1.12. The van der Waals surface area contributed by atoms with Gasteiger partial charge in [-0.1, -0.05) is 243 Å². The van der Waals surface area contributed by atoms with Crippen molar-refractivity contribution >= 4 is 115 Å². The van der Waals surface area contributed by atoms with Crippen molar-refractivity contribution in [1.29, 1.82) is 0 Å². The van der Waals surface area contributed by atoms with E-state index in [1.807, 2.05) is 0 Å². The molecule has 18 aromatic rings. The molecule has 2 aromatic heterocycles. The molecule has 0 fully saturated rings. The van der Waals surface area contributed by atoms with Crippen molar-refractivity contribution in [3.05, 3.63) is 340 Å². The lowest BCUT2D eigenvalue weighted by molar-refractivity contribution is 1.02. The average molecular weight is 1200 g/mol. The number of aromatic nitrogens is 2. The van der Waals surface area contributed by atoms with E-state index in [1.54, 1.807) is 0 Å². The zero-order valence-corrected chi connectivity index (χ0v) is 52.1. The van der Waals surface area contributed by atoms with Crippen LogP contribution in [0.5, 0.6) is 0 Å². The molecular formula is C90H62N4. The number of anilines is 5. The van der Waals surface area contributed by atoms with E-state index < -0.39 is 0 Å². The van der Waals surface area contributed by atoms with Crippen LogP contribution in [0.3, 0.4) is 0 Å². The molecule has 0 radical (unpaired) electrons. The summed E-state index contributed by atoms with van der Waals surface area (Å²) < 4.78 is 4.95. The maximum atomic E-state index is 2.51. The Balaban J connectivity index is 0.724. The van der Waals surface area contributed by atoms with Gasteiger partial charge in [-0.05, 0) is 185 Å². The first kappa shape index (κ1) is 54.7. The van der Waals surface area contributed by atoms with E-state index in [-0.39, 0.29) is 0 Å². The highest BCUT2D eigenvalue weighted by atomic mass is 15.1. The third-order valence-corrected chi connectivity index (χ3v) is 19.7. The first-order chi connectivity index (χ1) is 46.5. The molecule has 0 bridgehead atoms. The van der Waals surface area contributed by atoms with Gasteiger partial charge < -0.3 is 18.9 Å². The molecule has 0 atom stereocenters. The summed E-state index contributed by atoms with van der Waals surface area (Å²) in [5.74, 6) is 0. The summed E-state index contributed by atoms with van der Waals surface area (Å²) >= 11 is 0. The predicted molar refractivity (Wildman–Crippen MR) is 401 cm³/mol. The third-order valence-electron chi connectivity index (χ3n) is 19.7. The monoisotopic (exact) mass is 1200 g/mol. The Kier molecular flexibility index (Phi) is 13.0. The minimum Gasteiger partial charge on any atom is -0.345 e. The second-order valence-electron chi connectivity index (χ2n) is 24.9. The molecular weight excluding hydrogens is 1140 g/mol. The highest BCUT2D eigenvalue weighted by Crippen LogP contribution is 2.47. The zero-order chi connectivity index (χ0) is 62.4. The van der Waals surface area contributed by atoms with E-state index in [4.69, 9.17) is 0 Å². The van der Waals surface area contributed by atoms with Gasteiger partial charge in [0.15, 0.2) is 0 Å². The van der Waals surface area contributed by atoms with Gasteiger partial charge in [-0.3, -0.25) is 0 Å². The van der Waals surface area contributed by atoms with Crippen LogP contribution in [0, 0.1) is 0 Å². The number of hydrogen-bond acceptors (Lipinski definition) is 2. The molecule has 0 N–H and O–H groups in total. The van der Waals surface area contributed by atoms with Gasteiger partial charge in [0.25, 0.3) is 0 Å². The summed E-state index contributed by atoms with van der Waals surface area (Å²) in [6, 6.07) is 125. The average Bonchev–Trinajstić information content (AvgIpc) is 1.53. The summed E-state index contributed by atoms with van der Waals surface area (Å²) in [7, 11) is 4.37. The molecule has 442 valence electrons. The standard InChI is InChI=1S/C90H62N4/c1-91(69-19-7-3-8-20-69)70-47-39-61(40-48-70)59-33-37-64(38-34-59)68-46-54-82-86(58-68)94(73-25-13-6-14-26-73)90-80-30-18-16-28-76(80)77-51-43-65(55-83(77)88(82)90)66-44-52-78-75-27-15-17-29-79(75)87-81-53-45-67(57-85(81)92(2)89(87)84(78)56-66)63-35-31-60(32-36-63)62-41-49-74(50-42-62)93(71-21-9-4-10-22-71)72-23-11-5-12-24-72/h3-58H,1-2H3. The molecule has 0 saturated heterocycles. The zero-order valence-electron chi connectivity index (χ0n) is 52.1. The van der Waals surface area contributed by atoms with E-state index in [2.05, 4.69) is 373 Å². The SMILES string of the molecule is CN(c1ccccc1)c1ccc(-c2ccc(-c3ccc4c5c6cc(-c7ccc8c9ccccc9c9c%10ccc(-c%11ccc(-c%12ccc(N(c%13ccccc%13)c%13ccccc%13)cc%12)cc%11)cc%10n(C)c9c8c7)ccc6c6ccccc6c5n(-c5ccccc5)c4c3)cc2)cc1. The maximum absolute atomic E-state index is 2.51. The van der Waals surface area contributed by atoms with E-state index in [0.29, 0.717) is 0 Å². The van der Waals surface area contributed by atoms with Gasteiger partial charge in [-0.2, -0.15) is 0 Å². The Hall–Kier alpha value is -12.2.